The lowest BCUT2D eigenvalue weighted by Crippen LogP contribution is -2.27. The molecule has 4 rings (SSSR count). The van der Waals surface area contributed by atoms with Crippen LogP contribution in [0.15, 0.2) is 65.0 Å². The van der Waals surface area contributed by atoms with E-state index in [9.17, 15) is 4.79 Å². The Balaban J connectivity index is 1.43. The lowest BCUT2D eigenvalue weighted by molar-refractivity contribution is 0.294. The number of hydrogen-bond donors (Lipinski definition) is 0. The first-order valence-electron chi connectivity index (χ1n) is 9.32. The molecular weight excluding hydrogens is 370 g/mol. The molecular formula is C22H21N3O2S. The molecule has 0 amide bonds. The molecule has 4 aromatic rings. The largest absolute Gasteiger partial charge is 0.492 e. The lowest BCUT2D eigenvalue weighted by Gasteiger charge is -2.13. The second-order valence-corrected chi connectivity index (χ2v) is 7.46. The molecule has 2 heterocycles. The first kappa shape index (κ1) is 18.4. The van der Waals surface area contributed by atoms with Crippen LogP contribution in [0.25, 0.3) is 10.9 Å². The molecule has 6 heteroatoms. The Morgan fingerprint density at radius 1 is 1.11 bits per heavy atom. The molecule has 0 aliphatic carbocycles. The Morgan fingerprint density at radius 3 is 2.68 bits per heavy atom. The zero-order valence-corrected chi connectivity index (χ0v) is 16.5. The van der Waals surface area contributed by atoms with Gasteiger partial charge in [-0.15, -0.1) is 11.3 Å². The van der Waals surface area contributed by atoms with E-state index in [0.29, 0.717) is 25.0 Å². The van der Waals surface area contributed by atoms with Crippen molar-refractivity contribution in [2.45, 2.75) is 26.3 Å². The van der Waals surface area contributed by atoms with Crippen molar-refractivity contribution >= 4 is 22.2 Å². The van der Waals surface area contributed by atoms with Crippen LogP contribution in [0.5, 0.6) is 5.75 Å². The van der Waals surface area contributed by atoms with E-state index in [1.165, 1.54) is 10.4 Å². The number of benzene rings is 2. The summed E-state index contributed by atoms with van der Waals surface area (Å²) in [6.07, 6.45) is 3.48. The molecule has 0 saturated heterocycles. The second kappa shape index (κ2) is 8.35. The van der Waals surface area contributed by atoms with Crippen LogP contribution in [0.2, 0.25) is 0 Å². The molecule has 142 valence electrons. The number of aryl methyl sites for hydroxylation is 1. The van der Waals surface area contributed by atoms with Crippen molar-refractivity contribution in [2.75, 3.05) is 6.61 Å². The fraction of sp³-hybridized carbons (Fsp3) is 0.227. The van der Waals surface area contributed by atoms with E-state index in [0.717, 1.165) is 23.5 Å². The summed E-state index contributed by atoms with van der Waals surface area (Å²) in [5.74, 6) is 1.58. The highest BCUT2D eigenvalue weighted by Crippen LogP contribution is 2.17. The van der Waals surface area contributed by atoms with Gasteiger partial charge in [0.2, 0.25) is 0 Å². The van der Waals surface area contributed by atoms with Crippen LogP contribution in [-0.4, -0.2) is 21.1 Å². The summed E-state index contributed by atoms with van der Waals surface area (Å²) in [4.78, 5) is 22.8. The summed E-state index contributed by atoms with van der Waals surface area (Å²) < 4.78 is 7.59. The third-order valence-corrected chi connectivity index (χ3v) is 5.41. The van der Waals surface area contributed by atoms with Gasteiger partial charge in [0.15, 0.2) is 0 Å². The van der Waals surface area contributed by atoms with Crippen molar-refractivity contribution in [2.24, 2.45) is 0 Å². The van der Waals surface area contributed by atoms with Crippen molar-refractivity contribution in [3.63, 3.8) is 0 Å². The van der Waals surface area contributed by atoms with Gasteiger partial charge in [0.1, 0.15) is 18.2 Å². The van der Waals surface area contributed by atoms with E-state index in [1.807, 2.05) is 55.0 Å². The number of thiazole rings is 1. The van der Waals surface area contributed by atoms with Crippen LogP contribution in [-0.2, 0) is 19.4 Å². The van der Waals surface area contributed by atoms with Crippen molar-refractivity contribution in [1.29, 1.82) is 0 Å². The quantitative estimate of drug-likeness (QED) is 0.476. The van der Waals surface area contributed by atoms with Gasteiger partial charge in [-0.05, 0) is 29.8 Å². The smallest absolute Gasteiger partial charge is 0.261 e. The van der Waals surface area contributed by atoms with Gasteiger partial charge in [-0.25, -0.2) is 4.98 Å². The normalized spacial score (nSPS) is 11.0. The zero-order valence-electron chi connectivity index (χ0n) is 15.7. The van der Waals surface area contributed by atoms with E-state index in [4.69, 9.17) is 4.74 Å². The van der Waals surface area contributed by atoms with Gasteiger partial charge in [0.05, 0.1) is 23.0 Å². The van der Waals surface area contributed by atoms with Crippen LogP contribution in [0.1, 0.15) is 23.2 Å². The third-order valence-electron chi connectivity index (χ3n) is 4.63. The molecule has 0 aliphatic rings. The SMILES string of the molecule is CCc1nc2ccccc2c(=O)n1CCOc1ccc(Cc2cncs2)cc1. The van der Waals surface area contributed by atoms with Gasteiger partial charge in [-0.2, -0.15) is 0 Å². The molecule has 2 aromatic carbocycles. The Morgan fingerprint density at radius 2 is 1.93 bits per heavy atom. The first-order chi connectivity index (χ1) is 13.7. The molecule has 0 radical (unpaired) electrons. The van der Waals surface area contributed by atoms with E-state index in [2.05, 4.69) is 22.1 Å². The molecule has 0 N–H and O–H groups in total. The summed E-state index contributed by atoms with van der Waals surface area (Å²) in [6.45, 7) is 2.90. The Hall–Kier alpha value is -2.99. The Labute approximate surface area is 167 Å². The Kier molecular flexibility index (Phi) is 5.48. The summed E-state index contributed by atoms with van der Waals surface area (Å²) in [7, 11) is 0. The standard InChI is InChI=1S/C22H21N3O2S/c1-2-21-24-20-6-4-3-5-19(20)22(26)25(21)11-12-27-17-9-7-16(8-10-17)13-18-14-23-15-28-18/h3-10,14-15H,2,11-13H2,1H3. The molecule has 0 fully saturated rings. The number of aromatic nitrogens is 3. The highest BCUT2D eigenvalue weighted by atomic mass is 32.1. The fourth-order valence-electron chi connectivity index (χ4n) is 3.20. The zero-order chi connectivity index (χ0) is 19.3. The fourth-order valence-corrected chi connectivity index (χ4v) is 3.83. The van der Waals surface area contributed by atoms with Crippen LogP contribution < -0.4 is 10.3 Å². The van der Waals surface area contributed by atoms with E-state index in [1.54, 1.807) is 15.9 Å². The van der Waals surface area contributed by atoms with Gasteiger partial charge < -0.3 is 4.74 Å². The molecule has 28 heavy (non-hydrogen) atoms. The van der Waals surface area contributed by atoms with Crippen LogP contribution in [0.4, 0.5) is 0 Å². The van der Waals surface area contributed by atoms with E-state index >= 15 is 0 Å². The van der Waals surface area contributed by atoms with Crippen LogP contribution in [0.3, 0.4) is 0 Å². The summed E-state index contributed by atoms with van der Waals surface area (Å²) >= 11 is 1.66. The predicted octanol–water partition coefficient (Wildman–Crippen LogP) is 4.09. The Bertz CT molecular complexity index is 1120. The third kappa shape index (κ3) is 3.97. The molecule has 0 saturated carbocycles. The summed E-state index contributed by atoms with van der Waals surface area (Å²) in [5.41, 5.74) is 3.81. The molecule has 0 unspecified atom stereocenters. The van der Waals surface area contributed by atoms with Crippen LogP contribution >= 0.6 is 11.3 Å². The summed E-state index contributed by atoms with van der Waals surface area (Å²) in [5, 5.41) is 0.645. The topological polar surface area (TPSA) is 57.0 Å². The average molecular weight is 391 g/mol. The number of para-hydroxylation sites is 1. The van der Waals surface area contributed by atoms with Gasteiger partial charge in [-0.1, -0.05) is 31.2 Å². The van der Waals surface area contributed by atoms with Gasteiger partial charge in [0, 0.05) is 23.9 Å². The number of fused-ring (bicyclic) bond motifs is 1. The minimum atomic E-state index is -0.00837. The molecule has 0 aliphatic heterocycles. The minimum Gasteiger partial charge on any atom is -0.492 e. The average Bonchev–Trinajstić information content (AvgIpc) is 3.24. The molecule has 0 atom stereocenters. The highest BCUT2D eigenvalue weighted by Gasteiger charge is 2.09. The predicted molar refractivity (Wildman–Crippen MR) is 112 cm³/mol. The molecule has 2 aromatic heterocycles. The highest BCUT2D eigenvalue weighted by molar-refractivity contribution is 7.09. The first-order valence-corrected chi connectivity index (χ1v) is 10.2. The lowest BCUT2D eigenvalue weighted by atomic mass is 10.1. The number of ether oxygens (including phenoxy) is 1. The number of rotatable bonds is 7. The van der Waals surface area contributed by atoms with Crippen LogP contribution in [0, 0.1) is 0 Å². The van der Waals surface area contributed by atoms with Crippen molar-refractivity contribution < 1.29 is 4.74 Å². The summed E-state index contributed by atoms with van der Waals surface area (Å²) in [6, 6.07) is 15.5. The van der Waals surface area contributed by atoms with Crippen molar-refractivity contribution in [3.8, 4) is 5.75 Å². The maximum atomic E-state index is 12.8. The van der Waals surface area contributed by atoms with Gasteiger partial charge in [0.25, 0.3) is 5.56 Å². The maximum absolute atomic E-state index is 12.8. The second-order valence-electron chi connectivity index (χ2n) is 6.49. The number of hydrogen-bond acceptors (Lipinski definition) is 5. The van der Waals surface area contributed by atoms with Crippen molar-refractivity contribution in [1.82, 2.24) is 14.5 Å². The molecule has 0 spiro atoms. The molecule has 0 bridgehead atoms. The van der Waals surface area contributed by atoms with Gasteiger partial charge in [-0.3, -0.25) is 14.3 Å². The minimum absolute atomic E-state index is 0.00837. The monoisotopic (exact) mass is 391 g/mol. The van der Waals surface area contributed by atoms with Crippen molar-refractivity contribution in [3.05, 3.63) is 86.9 Å². The van der Waals surface area contributed by atoms with E-state index in [-0.39, 0.29) is 5.56 Å². The van der Waals surface area contributed by atoms with Gasteiger partial charge >= 0.3 is 0 Å². The maximum Gasteiger partial charge on any atom is 0.261 e. The van der Waals surface area contributed by atoms with E-state index < -0.39 is 0 Å². The number of nitrogens with zero attached hydrogens (tertiary/aromatic N) is 3. The molecule has 5 nitrogen and oxygen atoms in total.